The van der Waals surface area contributed by atoms with Crippen LogP contribution in [0.25, 0.3) is 0 Å². The number of esters is 1. The molecule has 1 fully saturated rings. The van der Waals surface area contributed by atoms with Crippen molar-refractivity contribution < 1.29 is 14.3 Å². The zero-order valence-electron chi connectivity index (χ0n) is 9.76. The highest BCUT2D eigenvalue weighted by Crippen LogP contribution is 2.27. The van der Waals surface area contributed by atoms with E-state index < -0.39 is 0 Å². The Morgan fingerprint density at radius 3 is 2.76 bits per heavy atom. The molecule has 4 nitrogen and oxygen atoms in total. The maximum Gasteiger partial charge on any atom is 0.325 e. The van der Waals surface area contributed by atoms with Crippen molar-refractivity contribution in [1.82, 2.24) is 4.90 Å². The van der Waals surface area contributed by atoms with Crippen molar-refractivity contribution in [2.24, 2.45) is 0 Å². The van der Waals surface area contributed by atoms with Crippen LogP contribution in [0.4, 0.5) is 0 Å². The van der Waals surface area contributed by atoms with Crippen molar-refractivity contribution in [1.29, 1.82) is 0 Å². The zero-order valence-corrected chi connectivity index (χ0v) is 9.76. The van der Waals surface area contributed by atoms with Gasteiger partial charge < -0.3 is 9.64 Å². The minimum Gasteiger partial charge on any atom is -0.468 e. The van der Waals surface area contributed by atoms with Crippen LogP contribution in [0.15, 0.2) is 30.3 Å². The first-order valence-corrected chi connectivity index (χ1v) is 5.60. The molecule has 90 valence electrons. The number of carbonyl (C=O) groups is 2. The summed E-state index contributed by atoms with van der Waals surface area (Å²) in [6.45, 7) is 0.649. The molecular formula is C13H15NO3. The van der Waals surface area contributed by atoms with Crippen LogP contribution in [0, 0.1) is 0 Å². The van der Waals surface area contributed by atoms with Crippen molar-refractivity contribution >= 4 is 11.9 Å². The summed E-state index contributed by atoms with van der Waals surface area (Å²) in [5, 5.41) is 0. The van der Waals surface area contributed by atoms with Gasteiger partial charge in [0.25, 0.3) is 0 Å². The molecule has 17 heavy (non-hydrogen) atoms. The molecular weight excluding hydrogens is 218 g/mol. The molecule has 0 radical (unpaired) electrons. The van der Waals surface area contributed by atoms with Gasteiger partial charge in [0.05, 0.1) is 7.11 Å². The lowest BCUT2D eigenvalue weighted by Gasteiger charge is -2.14. The molecule has 0 aromatic heterocycles. The molecule has 0 spiro atoms. The lowest BCUT2D eigenvalue weighted by Crippen LogP contribution is -2.31. The number of hydrogen-bond acceptors (Lipinski definition) is 3. The smallest absolute Gasteiger partial charge is 0.325 e. The summed E-state index contributed by atoms with van der Waals surface area (Å²) < 4.78 is 4.57. The number of nitrogens with zero attached hydrogens (tertiary/aromatic N) is 1. The molecule has 2 rings (SSSR count). The van der Waals surface area contributed by atoms with Crippen molar-refractivity contribution in [2.45, 2.75) is 12.3 Å². The summed E-state index contributed by atoms with van der Waals surface area (Å²) in [5.41, 5.74) is 1.15. The molecule has 1 aliphatic heterocycles. The average Bonchev–Trinajstić information content (AvgIpc) is 2.72. The molecule has 1 amide bonds. The number of likely N-dealkylation sites (tertiary alicyclic amines) is 1. The lowest BCUT2D eigenvalue weighted by atomic mass is 9.99. The quantitative estimate of drug-likeness (QED) is 0.736. The Morgan fingerprint density at radius 1 is 1.41 bits per heavy atom. The van der Waals surface area contributed by atoms with Gasteiger partial charge >= 0.3 is 5.97 Å². The van der Waals surface area contributed by atoms with Crippen LogP contribution in [0.3, 0.4) is 0 Å². The molecule has 0 N–H and O–H groups in total. The Kier molecular flexibility index (Phi) is 3.42. The van der Waals surface area contributed by atoms with Crippen LogP contribution in [-0.4, -0.2) is 37.0 Å². The molecule has 4 heteroatoms. The Labute approximate surface area is 100 Å². The number of methoxy groups -OCH3 is 1. The predicted molar refractivity (Wildman–Crippen MR) is 62.4 cm³/mol. The molecule has 0 bridgehead atoms. The second kappa shape index (κ2) is 4.99. The topological polar surface area (TPSA) is 46.6 Å². The summed E-state index contributed by atoms with van der Waals surface area (Å²) in [6, 6.07) is 9.90. The normalized spacial score (nSPS) is 19.5. The monoisotopic (exact) mass is 233 g/mol. The molecule has 0 saturated carbocycles. The van der Waals surface area contributed by atoms with Gasteiger partial charge in [-0.15, -0.1) is 0 Å². The van der Waals surface area contributed by atoms with E-state index in [2.05, 4.69) is 4.74 Å². The van der Waals surface area contributed by atoms with Gasteiger partial charge in [-0.3, -0.25) is 9.59 Å². The summed E-state index contributed by atoms with van der Waals surface area (Å²) >= 11 is 0. The summed E-state index contributed by atoms with van der Waals surface area (Å²) in [6.07, 6.45) is 0.473. The number of rotatable bonds is 3. The Hall–Kier alpha value is -1.84. The number of ether oxygens (including phenoxy) is 1. The summed E-state index contributed by atoms with van der Waals surface area (Å²) in [4.78, 5) is 24.4. The number of benzene rings is 1. The first-order chi connectivity index (χ1) is 8.20. The van der Waals surface area contributed by atoms with E-state index in [0.717, 1.165) is 5.56 Å². The van der Waals surface area contributed by atoms with Crippen LogP contribution in [-0.2, 0) is 14.3 Å². The van der Waals surface area contributed by atoms with Gasteiger partial charge in [0.15, 0.2) is 0 Å². The van der Waals surface area contributed by atoms with Gasteiger partial charge in [-0.25, -0.2) is 0 Å². The minimum absolute atomic E-state index is 0.0178. The second-order valence-electron chi connectivity index (χ2n) is 4.16. The number of amides is 1. The van der Waals surface area contributed by atoms with E-state index in [9.17, 15) is 9.59 Å². The maximum absolute atomic E-state index is 11.7. The van der Waals surface area contributed by atoms with Crippen LogP contribution in [0.2, 0.25) is 0 Å². The fraction of sp³-hybridized carbons (Fsp3) is 0.385. The van der Waals surface area contributed by atoms with Crippen LogP contribution in [0.1, 0.15) is 17.9 Å². The summed E-state index contributed by atoms with van der Waals surface area (Å²) in [5.74, 6) is -0.162. The van der Waals surface area contributed by atoms with E-state index in [1.807, 2.05) is 30.3 Å². The fourth-order valence-corrected chi connectivity index (χ4v) is 2.09. The van der Waals surface area contributed by atoms with Crippen molar-refractivity contribution in [3.05, 3.63) is 35.9 Å². The van der Waals surface area contributed by atoms with Gasteiger partial charge in [-0.1, -0.05) is 30.3 Å². The first kappa shape index (κ1) is 11.6. The highest BCUT2D eigenvalue weighted by Gasteiger charge is 2.31. The summed E-state index contributed by atoms with van der Waals surface area (Å²) in [7, 11) is 1.33. The van der Waals surface area contributed by atoms with Gasteiger partial charge in [0.2, 0.25) is 5.91 Å². The van der Waals surface area contributed by atoms with Crippen LogP contribution < -0.4 is 0 Å². The SMILES string of the molecule is COC(=O)CN1C[C@H](c2ccccc2)CC1=O. The Balaban J connectivity index is 2.02. The van der Waals surface area contributed by atoms with Gasteiger partial charge in [0, 0.05) is 18.9 Å². The zero-order chi connectivity index (χ0) is 12.3. The van der Waals surface area contributed by atoms with E-state index in [1.54, 1.807) is 4.90 Å². The largest absolute Gasteiger partial charge is 0.468 e. The van der Waals surface area contributed by atoms with Gasteiger partial charge in [0.1, 0.15) is 6.54 Å². The van der Waals surface area contributed by atoms with Crippen LogP contribution in [0.5, 0.6) is 0 Å². The van der Waals surface area contributed by atoms with Crippen molar-refractivity contribution in [3.8, 4) is 0 Å². The minimum atomic E-state index is -0.368. The molecule has 0 unspecified atom stereocenters. The lowest BCUT2D eigenvalue weighted by molar-refractivity contribution is -0.145. The fourth-order valence-electron chi connectivity index (χ4n) is 2.09. The van der Waals surface area contributed by atoms with E-state index in [4.69, 9.17) is 0 Å². The predicted octanol–water partition coefficient (Wildman–Crippen LogP) is 1.18. The van der Waals surface area contributed by atoms with Crippen LogP contribution >= 0.6 is 0 Å². The third kappa shape index (κ3) is 2.64. The highest BCUT2D eigenvalue weighted by molar-refractivity contribution is 5.84. The number of hydrogen-bond donors (Lipinski definition) is 0. The van der Waals surface area contributed by atoms with Gasteiger partial charge in [-0.05, 0) is 5.56 Å². The Morgan fingerprint density at radius 2 is 2.12 bits per heavy atom. The average molecular weight is 233 g/mol. The molecule has 1 aromatic rings. The molecule has 1 atom stereocenters. The second-order valence-corrected chi connectivity index (χ2v) is 4.16. The maximum atomic E-state index is 11.7. The molecule has 1 heterocycles. The van der Waals surface area contributed by atoms with Crippen molar-refractivity contribution in [2.75, 3.05) is 20.2 Å². The van der Waals surface area contributed by atoms with E-state index in [0.29, 0.717) is 13.0 Å². The third-order valence-corrected chi connectivity index (χ3v) is 3.03. The first-order valence-electron chi connectivity index (χ1n) is 5.60. The molecule has 1 aromatic carbocycles. The molecule has 0 aliphatic carbocycles. The van der Waals surface area contributed by atoms with Crippen molar-refractivity contribution in [3.63, 3.8) is 0 Å². The standard InChI is InChI=1S/C13H15NO3/c1-17-13(16)9-14-8-11(7-12(14)15)10-5-3-2-4-6-10/h2-6,11H,7-9H2,1H3/t11-/m1/s1. The van der Waals surface area contributed by atoms with E-state index >= 15 is 0 Å². The van der Waals surface area contributed by atoms with E-state index in [-0.39, 0.29) is 24.3 Å². The number of carbonyl (C=O) groups excluding carboxylic acids is 2. The molecule has 1 saturated heterocycles. The third-order valence-electron chi connectivity index (χ3n) is 3.03. The van der Waals surface area contributed by atoms with Gasteiger partial charge in [-0.2, -0.15) is 0 Å². The highest BCUT2D eigenvalue weighted by atomic mass is 16.5. The molecule has 1 aliphatic rings. The van der Waals surface area contributed by atoms with E-state index in [1.165, 1.54) is 7.11 Å². The Bertz CT molecular complexity index is 416.